The Bertz CT molecular complexity index is 464. The predicted octanol–water partition coefficient (Wildman–Crippen LogP) is 1.89. The third-order valence-electron chi connectivity index (χ3n) is 2.99. The highest BCUT2D eigenvalue weighted by atomic mass is 32.2. The monoisotopic (exact) mass is 259 g/mol. The summed E-state index contributed by atoms with van der Waals surface area (Å²) in [6.45, 7) is 4.09. The number of hydrogen-bond acceptors (Lipinski definition) is 4. The van der Waals surface area contributed by atoms with Gasteiger partial charge in [-0.05, 0) is 37.3 Å². The lowest BCUT2D eigenvalue weighted by molar-refractivity contribution is 0.487. The summed E-state index contributed by atoms with van der Waals surface area (Å²) < 4.78 is 23.6. The third kappa shape index (κ3) is 2.64. The molecule has 2 rings (SSSR count). The van der Waals surface area contributed by atoms with Crippen LogP contribution in [0.15, 0.2) is 11.4 Å². The number of hydrogen-bond donors (Lipinski definition) is 1. The van der Waals surface area contributed by atoms with Crippen LogP contribution in [0.1, 0.15) is 29.8 Å². The molecule has 1 aliphatic heterocycles. The molecule has 1 aromatic heterocycles. The standard InChI is InChI=1S/C11H17NO2S2/c1-8-3-5-15-11(8)10-7-16(13,14)6-4-9(2)12-10/h3,5,9-10,12H,4,6-7H2,1-2H3. The van der Waals surface area contributed by atoms with E-state index in [9.17, 15) is 8.42 Å². The predicted molar refractivity (Wildman–Crippen MR) is 67.7 cm³/mol. The molecule has 1 aliphatic rings. The van der Waals surface area contributed by atoms with Crippen LogP contribution < -0.4 is 5.32 Å². The van der Waals surface area contributed by atoms with Crippen LogP contribution in [-0.2, 0) is 9.84 Å². The van der Waals surface area contributed by atoms with Crippen molar-refractivity contribution in [2.24, 2.45) is 0 Å². The molecule has 1 fully saturated rings. The van der Waals surface area contributed by atoms with Crippen molar-refractivity contribution in [2.45, 2.75) is 32.4 Å². The van der Waals surface area contributed by atoms with Gasteiger partial charge in [-0.2, -0.15) is 0 Å². The fourth-order valence-electron chi connectivity index (χ4n) is 2.06. The highest BCUT2D eigenvalue weighted by Crippen LogP contribution is 2.27. The van der Waals surface area contributed by atoms with Gasteiger partial charge in [0, 0.05) is 10.9 Å². The molecule has 0 amide bonds. The van der Waals surface area contributed by atoms with Gasteiger partial charge in [-0.25, -0.2) is 8.42 Å². The first-order valence-electron chi connectivity index (χ1n) is 5.48. The second-order valence-corrected chi connectivity index (χ2v) is 7.67. The fourth-order valence-corrected chi connectivity index (χ4v) is 4.81. The van der Waals surface area contributed by atoms with Crippen molar-refractivity contribution in [2.75, 3.05) is 11.5 Å². The van der Waals surface area contributed by atoms with Gasteiger partial charge < -0.3 is 5.32 Å². The lowest BCUT2D eigenvalue weighted by atomic mass is 10.1. The zero-order valence-corrected chi connectivity index (χ0v) is 11.2. The molecule has 3 nitrogen and oxygen atoms in total. The molecule has 0 radical (unpaired) electrons. The van der Waals surface area contributed by atoms with Crippen molar-refractivity contribution < 1.29 is 8.42 Å². The van der Waals surface area contributed by atoms with Crippen LogP contribution in [0.3, 0.4) is 0 Å². The minimum Gasteiger partial charge on any atom is -0.306 e. The van der Waals surface area contributed by atoms with Gasteiger partial charge in [-0.15, -0.1) is 11.3 Å². The van der Waals surface area contributed by atoms with Gasteiger partial charge in [0.2, 0.25) is 0 Å². The first-order valence-corrected chi connectivity index (χ1v) is 8.18. The maximum absolute atomic E-state index is 11.8. The van der Waals surface area contributed by atoms with Crippen molar-refractivity contribution in [1.82, 2.24) is 5.32 Å². The van der Waals surface area contributed by atoms with E-state index in [-0.39, 0.29) is 17.8 Å². The van der Waals surface area contributed by atoms with Crippen LogP contribution in [0.5, 0.6) is 0 Å². The van der Waals surface area contributed by atoms with Gasteiger partial charge in [-0.3, -0.25) is 0 Å². The molecule has 2 heterocycles. The summed E-state index contributed by atoms with van der Waals surface area (Å²) in [5, 5.41) is 5.43. The van der Waals surface area contributed by atoms with E-state index < -0.39 is 9.84 Å². The Morgan fingerprint density at radius 3 is 2.88 bits per heavy atom. The van der Waals surface area contributed by atoms with Crippen LogP contribution in [0.4, 0.5) is 0 Å². The summed E-state index contributed by atoms with van der Waals surface area (Å²) in [5.74, 6) is 0.542. The Balaban J connectivity index is 2.29. The molecular weight excluding hydrogens is 242 g/mol. The molecule has 0 bridgehead atoms. The van der Waals surface area contributed by atoms with E-state index in [1.165, 1.54) is 5.56 Å². The SMILES string of the molecule is Cc1ccsc1C1CS(=O)(=O)CCC(C)N1. The Morgan fingerprint density at radius 2 is 2.25 bits per heavy atom. The molecule has 16 heavy (non-hydrogen) atoms. The number of thiophene rings is 1. The summed E-state index contributed by atoms with van der Waals surface area (Å²) in [7, 11) is -2.90. The maximum Gasteiger partial charge on any atom is 0.152 e. The van der Waals surface area contributed by atoms with Crippen molar-refractivity contribution in [3.63, 3.8) is 0 Å². The molecule has 0 spiro atoms. The molecular formula is C11H17NO2S2. The van der Waals surface area contributed by atoms with E-state index >= 15 is 0 Å². The molecule has 1 aromatic rings. The minimum atomic E-state index is -2.90. The Kier molecular flexibility index (Phi) is 3.37. The van der Waals surface area contributed by atoms with Crippen LogP contribution in [0.2, 0.25) is 0 Å². The smallest absolute Gasteiger partial charge is 0.152 e. The quantitative estimate of drug-likeness (QED) is 0.838. The molecule has 0 saturated carbocycles. The topological polar surface area (TPSA) is 46.2 Å². The van der Waals surface area contributed by atoms with Crippen molar-refractivity contribution in [1.29, 1.82) is 0 Å². The Morgan fingerprint density at radius 1 is 1.50 bits per heavy atom. The second-order valence-electron chi connectivity index (χ2n) is 4.49. The summed E-state index contributed by atoms with van der Waals surface area (Å²) >= 11 is 1.64. The third-order valence-corrected chi connectivity index (χ3v) is 5.82. The van der Waals surface area contributed by atoms with Crippen molar-refractivity contribution in [3.05, 3.63) is 21.9 Å². The van der Waals surface area contributed by atoms with Crippen LogP contribution in [-0.4, -0.2) is 26.0 Å². The normalized spacial score (nSPS) is 29.9. The molecule has 2 unspecified atom stereocenters. The van der Waals surface area contributed by atoms with E-state index in [2.05, 4.69) is 12.2 Å². The molecule has 0 aromatic carbocycles. The van der Waals surface area contributed by atoms with E-state index in [0.29, 0.717) is 12.2 Å². The summed E-state index contributed by atoms with van der Waals surface area (Å²) in [6.07, 6.45) is 0.712. The van der Waals surface area contributed by atoms with Crippen LogP contribution >= 0.6 is 11.3 Å². The summed E-state index contributed by atoms with van der Waals surface area (Å²) in [4.78, 5) is 1.16. The van der Waals surface area contributed by atoms with E-state index in [4.69, 9.17) is 0 Å². The lowest BCUT2D eigenvalue weighted by Gasteiger charge is -2.18. The fraction of sp³-hybridized carbons (Fsp3) is 0.636. The molecule has 2 atom stereocenters. The molecule has 1 N–H and O–H groups in total. The van der Waals surface area contributed by atoms with E-state index in [0.717, 1.165) is 4.88 Å². The molecule has 0 aliphatic carbocycles. The molecule has 1 saturated heterocycles. The number of aryl methyl sites for hydroxylation is 1. The largest absolute Gasteiger partial charge is 0.306 e. The van der Waals surface area contributed by atoms with E-state index in [1.54, 1.807) is 11.3 Å². The molecule has 5 heteroatoms. The second kappa shape index (κ2) is 4.47. The van der Waals surface area contributed by atoms with Gasteiger partial charge in [0.05, 0.1) is 17.5 Å². The summed E-state index contributed by atoms with van der Waals surface area (Å²) in [5.41, 5.74) is 1.19. The first kappa shape index (κ1) is 12.1. The average Bonchev–Trinajstić information content (AvgIpc) is 2.55. The van der Waals surface area contributed by atoms with Crippen molar-refractivity contribution in [3.8, 4) is 0 Å². The average molecular weight is 259 g/mol. The number of nitrogens with one attached hydrogen (secondary N) is 1. The lowest BCUT2D eigenvalue weighted by Crippen LogP contribution is -2.30. The van der Waals surface area contributed by atoms with Gasteiger partial charge in [-0.1, -0.05) is 0 Å². The maximum atomic E-state index is 11.8. The highest BCUT2D eigenvalue weighted by Gasteiger charge is 2.28. The minimum absolute atomic E-state index is 0.0255. The number of rotatable bonds is 1. The van der Waals surface area contributed by atoms with Gasteiger partial charge in [0.15, 0.2) is 9.84 Å². The van der Waals surface area contributed by atoms with Crippen molar-refractivity contribution >= 4 is 21.2 Å². The molecule has 90 valence electrons. The zero-order chi connectivity index (χ0) is 11.8. The highest BCUT2D eigenvalue weighted by molar-refractivity contribution is 7.91. The van der Waals surface area contributed by atoms with Crippen LogP contribution in [0.25, 0.3) is 0 Å². The zero-order valence-electron chi connectivity index (χ0n) is 9.56. The van der Waals surface area contributed by atoms with Gasteiger partial charge in [0.1, 0.15) is 0 Å². The Labute approximate surface area is 101 Å². The van der Waals surface area contributed by atoms with E-state index in [1.807, 2.05) is 18.4 Å². The number of sulfone groups is 1. The van der Waals surface area contributed by atoms with Crippen LogP contribution in [0, 0.1) is 6.92 Å². The summed E-state index contributed by atoms with van der Waals surface area (Å²) in [6, 6.07) is 2.29. The first-order chi connectivity index (χ1) is 7.48. The Hall–Kier alpha value is -0.390. The van der Waals surface area contributed by atoms with Gasteiger partial charge in [0.25, 0.3) is 0 Å². The van der Waals surface area contributed by atoms with Gasteiger partial charge >= 0.3 is 0 Å².